The highest BCUT2D eigenvalue weighted by Gasteiger charge is 2.09. The van der Waals surface area contributed by atoms with Gasteiger partial charge in [0.25, 0.3) is 5.91 Å². The number of carbonyl (C=O) groups is 1. The Kier molecular flexibility index (Phi) is 4.78. The predicted octanol–water partition coefficient (Wildman–Crippen LogP) is 3.43. The lowest BCUT2D eigenvalue weighted by molar-refractivity contribution is 0.0947. The molecule has 6 heteroatoms. The number of aromatic nitrogens is 3. The first-order valence-corrected chi connectivity index (χ1v) is 8.67. The minimum atomic E-state index is -0.167. The number of hydrogen-bond donors (Lipinski definition) is 2. The van der Waals surface area contributed by atoms with E-state index in [1.54, 1.807) is 18.2 Å². The minimum absolute atomic E-state index is 0.167. The summed E-state index contributed by atoms with van der Waals surface area (Å²) in [4.78, 5) is 12.3. The summed E-state index contributed by atoms with van der Waals surface area (Å²) in [7, 11) is 0. The first-order valence-electron chi connectivity index (χ1n) is 8.67. The van der Waals surface area contributed by atoms with Crippen molar-refractivity contribution in [2.45, 2.75) is 0 Å². The van der Waals surface area contributed by atoms with Crippen LogP contribution in [0.2, 0.25) is 0 Å². The largest absolute Gasteiger partial charge is 0.491 e. The van der Waals surface area contributed by atoms with E-state index in [4.69, 9.17) is 4.74 Å². The van der Waals surface area contributed by atoms with Gasteiger partial charge in [-0.3, -0.25) is 4.79 Å². The summed E-state index contributed by atoms with van der Waals surface area (Å²) in [5, 5.41) is 13.4. The highest BCUT2D eigenvalue weighted by atomic mass is 16.5. The van der Waals surface area contributed by atoms with Crippen molar-refractivity contribution < 1.29 is 9.53 Å². The van der Waals surface area contributed by atoms with Gasteiger partial charge in [-0.15, -0.1) is 0 Å². The average Bonchev–Trinajstić information content (AvgIpc) is 3.20. The number of para-hydroxylation sites is 1. The number of aromatic amines is 1. The lowest BCUT2D eigenvalue weighted by Crippen LogP contribution is -2.28. The van der Waals surface area contributed by atoms with Gasteiger partial charge < -0.3 is 10.1 Å². The van der Waals surface area contributed by atoms with Crippen LogP contribution in [0.5, 0.6) is 5.75 Å². The number of nitrogens with one attached hydrogen (secondary N) is 2. The molecule has 0 aliphatic carbocycles. The standard InChI is InChI=1S/C21H18N4O2/c26-21(16-10-11-18-19(14-16)24-25-23-18)22-12-13-27-20-9-5-4-8-17(20)15-6-2-1-3-7-15/h1-11,14H,12-13H2,(H,22,26)(H,23,24,25). The van der Waals surface area contributed by atoms with Crippen LogP contribution in [0.1, 0.15) is 10.4 Å². The Labute approximate surface area is 156 Å². The highest BCUT2D eigenvalue weighted by Crippen LogP contribution is 2.29. The van der Waals surface area contributed by atoms with Crippen molar-refractivity contribution in [2.24, 2.45) is 0 Å². The van der Waals surface area contributed by atoms with Crippen LogP contribution in [0.3, 0.4) is 0 Å². The number of ether oxygens (including phenoxy) is 1. The Morgan fingerprint density at radius 2 is 1.70 bits per heavy atom. The van der Waals surface area contributed by atoms with Gasteiger partial charge in [-0.2, -0.15) is 15.4 Å². The van der Waals surface area contributed by atoms with E-state index in [0.717, 1.165) is 22.4 Å². The number of H-pyrrole nitrogens is 1. The molecule has 0 saturated heterocycles. The van der Waals surface area contributed by atoms with E-state index in [2.05, 4.69) is 20.7 Å². The molecule has 0 aliphatic rings. The van der Waals surface area contributed by atoms with Crippen molar-refractivity contribution >= 4 is 16.9 Å². The maximum Gasteiger partial charge on any atom is 0.251 e. The zero-order valence-corrected chi connectivity index (χ0v) is 14.6. The second kappa shape index (κ2) is 7.70. The molecule has 1 amide bonds. The molecule has 0 spiro atoms. The maximum absolute atomic E-state index is 12.3. The summed E-state index contributed by atoms with van der Waals surface area (Å²) < 4.78 is 5.89. The normalized spacial score (nSPS) is 10.7. The van der Waals surface area contributed by atoms with E-state index < -0.39 is 0 Å². The van der Waals surface area contributed by atoms with E-state index in [1.807, 2.05) is 54.6 Å². The van der Waals surface area contributed by atoms with Crippen LogP contribution in [0, 0.1) is 0 Å². The van der Waals surface area contributed by atoms with Gasteiger partial charge >= 0.3 is 0 Å². The smallest absolute Gasteiger partial charge is 0.251 e. The molecule has 4 rings (SSSR count). The average molecular weight is 358 g/mol. The van der Waals surface area contributed by atoms with Crippen LogP contribution < -0.4 is 10.1 Å². The maximum atomic E-state index is 12.3. The molecule has 0 fully saturated rings. The molecule has 6 nitrogen and oxygen atoms in total. The second-order valence-corrected chi connectivity index (χ2v) is 5.99. The Balaban J connectivity index is 1.36. The zero-order chi connectivity index (χ0) is 18.5. The minimum Gasteiger partial charge on any atom is -0.491 e. The number of fused-ring (bicyclic) bond motifs is 1. The lowest BCUT2D eigenvalue weighted by Gasteiger charge is -2.12. The Morgan fingerprint density at radius 1 is 0.926 bits per heavy atom. The van der Waals surface area contributed by atoms with Gasteiger partial charge in [0.1, 0.15) is 23.4 Å². The van der Waals surface area contributed by atoms with Crippen LogP contribution in [0.4, 0.5) is 0 Å². The van der Waals surface area contributed by atoms with Crippen LogP contribution >= 0.6 is 0 Å². The number of carbonyl (C=O) groups excluding carboxylic acids is 1. The molecule has 4 aromatic rings. The van der Waals surface area contributed by atoms with E-state index in [-0.39, 0.29) is 5.91 Å². The second-order valence-electron chi connectivity index (χ2n) is 5.99. The highest BCUT2D eigenvalue weighted by molar-refractivity contribution is 5.97. The summed E-state index contributed by atoms with van der Waals surface area (Å²) in [6.45, 7) is 0.778. The molecule has 0 saturated carbocycles. The Hall–Kier alpha value is -3.67. The fraction of sp³-hybridized carbons (Fsp3) is 0.0952. The van der Waals surface area contributed by atoms with E-state index >= 15 is 0 Å². The molecule has 0 radical (unpaired) electrons. The van der Waals surface area contributed by atoms with Gasteiger partial charge in [0.2, 0.25) is 0 Å². The zero-order valence-electron chi connectivity index (χ0n) is 14.6. The van der Waals surface area contributed by atoms with Crippen LogP contribution in [-0.2, 0) is 0 Å². The van der Waals surface area contributed by atoms with Crippen molar-refractivity contribution in [1.82, 2.24) is 20.7 Å². The van der Waals surface area contributed by atoms with Crippen molar-refractivity contribution in [2.75, 3.05) is 13.2 Å². The van der Waals surface area contributed by atoms with Gasteiger partial charge in [-0.05, 0) is 29.8 Å². The molecular formula is C21H18N4O2. The number of hydrogen-bond acceptors (Lipinski definition) is 4. The van der Waals surface area contributed by atoms with Gasteiger partial charge in [0, 0.05) is 11.1 Å². The van der Waals surface area contributed by atoms with Crippen molar-refractivity contribution in [3.8, 4) is 16.9 Å². The SMILES string of the molecule is O=C(NCCOc1ccccc1-c1ccccc1)c1ccc2n[nH]nc2c1. The molecule has 2 N–H and O–H groups in total. The molecule has 134 valence electrons. The van der Waals surface area contributed by atoms with Gasteiger partial charge in [0.05, 0.1) is 6.54 Å². The number of benzene rings is 3. The molecule has 0 bridgehead atoms. The fourth-order valence-electron chi connectivity index (χ4n) is 2.86. The van der Waals surface area contributed by atoms with E-state index in [9.17, 15) is 4.79 Å². The summed E-state index contributed by atoms with van der Waals surface area (Å²) in [5.74, 6) is 0.627. The molecule has 1 aromatic heterocycles. The van der Waals surface area contributed by atoms with Crippen LogP contribution in [0.15, 0.2) is 72.8 Å². The van der Waals surface area contributed by atoms with E-state index in [1.165, 1.54) is 0 Å². The summed E-state index contributed by atoms with van der Waals surface area (Å²) >= 11 is 0. The van der Waals surface area contributed by atoms with Crippen LogP contribution in [-0.4, -0.2) is 34.5 Å². The summed E-state index contributed by atoms with van der Waals surface area (Å²) in [5.41, 5.74) is 4.06. The molecule has 0 atom stereocenters. The third kappa shape index (κ3) is 3.79. The molecule has 3 aromatic carbocycles. The van der Waals surface area contributed by atoms with Gasteiger partial charge in [-0.1, -0.05) is 48.5 Å². The van der Waals surface area contributed by atoms with Gasteiger partial charge in [-0.25, -0.2) is 0 Å². The summed E-state index contributed by atoms with van der Waals surface area (Å²) in [6.07, 6.45) is 0. The Morgan fingerprint density at radius 3 is 2.59 bits per heavy atom. The molecule has 27 heavy (non-hydrogen) atoms. The van der Waals surface area contributed by atoms with Crippen molar-refractivity contribution in [3.05, 3.63) is 78.4 Å². The fourth-order valence-corrected chi connectivity index (χ4v) is 2.86. The molecule has 0 unspecified atom stereocenters. The van der Waals surface area contributed by atoms with Gasteiger partial charge in [0.15, 0.2) is 0 Å². The van der Waals surface area contributed by atoms with E-state index in [0.29, 0.717) is 24.2 Å². The Bertz CT molecular complexity index is 1060. The number of nitrogens with zero attached hydrogens (tertiary/aromatic N) is 2. The third-order valence-corrected chi connectivity index (χ3v) is 4.20. The third-order valence-electron chi connectivity index (χ3n) is 4.20. The molecule has 1 heterocycles. The molecule has 0 aliphatic heterocycles. The lowest BCUT2D eigenvalue weighted by atomic mass is 10.1. The number of rotatable bonds is 6. The molecular weight excluding hydrogens is 340 g/mol. The van der Waals surface area contributed by atoms with Crippen molar-refractivity contribution in [1.29, 1.82) is 0 Å². The van der Waals surface area contributed by atoms with Crippen molar-refractivity contribution in [3.63, 3.8) is 0 Å². The first-order chi connectivity index (χ1) is 13.3. The van der Waals surface area contributed by atoms with Crippen LogP contribution in [0.25, 0.3) is 22.2 Å². The topological polar surface area (TPSA) is 79.9 Å². The quantitative estimate of drug-likeness (QED) is 0.518. The number of amides is 1. The monoisotopic (exact) mass is 358 g/mol. The first kappa shape index (κ1) is 16.8. The summed E-state index contributed by atoms with van der Waals surface area (Å²) in [6, 6.07) is 23.2. The predicted molar refractivity (Wildman–Crippen MR) is 104 cm³/mol.